The fourth-order valence-corrected chi connectivity index (χ4v) is 3.01. The smallest absolute Gasteiger partial charge is 0.416 e. The van der Waals surface area contributed by atoms with Crippen molar-refractivity contribution in [3.8, 4) is 11.5 Å². The van der Waals surface area contributed by atoms with Crippen LogP contribution in [0.3, 0.4) is 0 Å². The van der Waals surface area contributed by atoms with Gasteiger partial charge in [-0.2, -0.15) is 18.3 Å². The van der Waals surface area contributed by atoms with Gasteiger partial charge in [0.15, 0.2) is 18.1 Å². The largest absolute Gasteiger partial charge is 0.493 e. The van der Waals surface area contributed by atoms with Crippen molar-refractivity contribution >= 4 is 41.2 Å². The van der Waals surface area contributed by atoms with Crippen LogP contribution in [-0.4, -0.2) is 44.2 Å². The topological polar surface area (TPSA) is 118 Å². The summed E-state index contributed by atoms with van der Waals surface area (Å²) in [5.41, 5.74) is 1.51. The molecule has 0 saturated carbocycles. The second-order valence-electron chi connectivity index (χ2n) is 7.26. The van der Waals surface area contributed by atoms with Crippen LogP contribution in [-0.2, 0) is 20.6 Å². The van der Waals surface area contributed by atoms with Crippen LogP contribution in [0.4, 0.5) is 18.9 Å². The third kappa shape index (κ3) is 8.77. The third-order valence-corrected chi connectivity index (χ3v) is 4.76. The average Bonchev–Trinajstić information content (AvgIpc) is 2.82. The van der Waals surface area contributed by atoms with Gasteiger partial charge >= 0.3 is 18.0 Å². The predicted molar refractivity (Wildman–Crippen MR) is 127 cm³/mol. The highest BCUT2D eigenvalue weighted by atomic mass is 35.5. The molecule has 0 aliphatic carbocycles. The van der Waals surface area contributed by atoms with Gasteiger partial charge in [-0.3, -0.25) is 14.4 Å². The van der Waals surface area contributed by atoms with Gasteiger partial charge in [-0.25, -0.2) is 5.43 Å². The molecule has 0 fully saturated rings. The molecule has 3 N–H and O–H groups in total. The molecule has 0 unspecified atom stereocenters. The molecule has 0 aliphatic rings. The zero-order valence-electron chi connectivity index (χ0n) is 19.4. The first-order valence-electron chi connectivity index (χ1n) is 10.6. The molecule has 0 atom stereocenters. The van der Waals surface area contributed by atoms with Gasteiger partial charge in [0.2, 0.25) is 0 Å². The van der Waals surface area contributed by atoms with Crippen LogP contribution in [0.25, 0.3) is 0 Å². The van der Waals surface area contributed by atoms with Gasteiger partial charge in [-0.1, -0.05) is 31.0 Å². The van der Waals surface area contributed by atoms with Gasteiger partial charge < -0.3 is 20.1 Å². The van der Waals surface area contributed by atoms with Crippen molar-refractivity contribution in [1.82, 2.24) is 10.7 Å². The number of benzene rings is 2. The summed E-state index contributed by atoms with van der Waals surface area (Å²) in [4.78, 5) is 35.5. The first kappa shape index (κ1) is 28.4. The molecule has 0 radical (unpaired) electrons. The number of carbonyl (C=O) groups is 3. The van der Waals surface area contributed by atoms with E-state index in [1.807, 2.05) is 6.92 Å². The lowest BCUT2D eigenvalue weighted by Crippen LogP contribution is -2.38. The summed E-state index contributed by atoms with van der Waals surface area (Å²) >= 11 is 6.22. The zero-order chi connectivity index (χ0) is 26.7. The van der Waals surface area contributed by atoms with E-state index in [0.717, 1.165) is 25.0 Å². The Bertz CT molecular complexity index is 1130. The number of rotatable bonds is 10. The zero-order valence-corrected chi connectivity index (χ0v) is 20.1. The SMILES string of the molecule is CCCCNC(=O)C(=O)N/N=C\c1cc(Cl)c(OCC(=O)Nc2cccc(C(F)(F)F)c2)c(OC)c1. The highest BCUT2D eigenvalue weighted by molar-refractivity contribution is 6.35. The van der Waals surface area contributed by atoms with Gasteiger partial charge in [0.1, 0.15) is 0 Å². The molecule has 0 saturated heterocycles. The summed E-state index contributed by atoms with van der Waals surface area (Å²) in [6, 6.07) is 7.01. The molecule has 13 heteroatoms. The molecule has 0 bridgehead atoms. The van der Waals surface area contributed by atoms with Crippen LogP contribution >= 0.6 is 11.6 Å². The van der Waals surface area contributed by atoms with E-state index in [1.165, 1.54) is 37.6 Å². The Hall–Kier alpha value is -3.80. The normalized spacial score (nSPS) is 11.2. The summed E-state index contributed by atoms with van der Waals surface area (Å²) in [6.45, 7) is 1.75. The summed E-state index contributed by atoms with van der Waals surface area (Å²) in [5, 5.41) is 8.50. The number of hydrazone groups is 1. The predicted octanol–water partition coefficient (Wildman–Crippen LogP) is 3.75. The number of amides is 3. The lowest BCUT2D eigenvalue weighted by atomic mass is 10.2. The highest BCUT2D eigenvalue weighted by Crippen LogP contribution is 2.36. The molecule has 2 rings (SSSR count). The number of hydrogen-bond donors (Lipinski definition) is 3. The number of halogens is 4. The van der Waals surface area contributed by atoms with Gasteiger partial charge in [-0.15, -0.1) is 0 Å². The fourth-order valence-electron chi connectivity index (χ4n) is 2.74. The molecule has 3 amide bonds. The number of methoxy groups -OCH3 is 1. The number of anilines is 1. The minimum atomic E-state index is -4.55. The van der Waals surface area contributed by atoms with E-state index in [0.29, 0.717) is 12.1 Å². The van der Waals surface area contributed by atoms with Crippen molar-refractivity contribution in [2.24, 2.45) is 5.10 Å². The van der Waals surface area contributed by atoms with Crippen molar-refractivity contribution in [3.05, 3.63) is 52.5 Å². The van der Waals surface area contributed by atoms with Crippen LogP contribution in [0, 0.1) is 0 Å². The molecule has 0 aromatic heterocycles. The summed E-state index contributed by atoms with van der Waals surface area (Å²) < 4.78 is 49.1. The quantitative estimate of drug-likeness (QED) is 0.188. The first-order chi connectivity index (χ1) is 17.0. The van der Waals surface area contributed by atoms with E-state index >= 15 is 0 Å². The lowest BCUT2D eigenvalue weighted by molar-refractivity contribution is -0.139. The Kier molecular flexibility index (Phi) is 10.5. The number of carbonyl (C=O) groups excluding carboxylic acids is 3. The first-order valence-corrected chi connectivity index (χ1v) is 11.0. The summed E-state index contributed by atoms with van der Waals surface area (Å²) in [6.07, 6.45) is -1.73. The second kappa shape index (κ2) is 13.3. The van der Waals surface area contributed by atoms with Crippen molar-refractivity contribution in [1.29, 1.82) is 0 Å². The van der Waals surface area contributed by atoms with E-state index in [-0.39, 0.29) is 22.2 Å². The van der Waals surface area contributed by atoms with Crippen molar-refractivity contribution < 1.29 is 37.0 Å². The third-order valence-electron chi connectivity index (χ3n) is 4.47. The van der Waals surface area contributed by atoms with E-state index in [4.69, 9.17) is 21.1 Å². The number of nitrogens with zero attached hydrogens (tertiary/aromatic N) is 1. The lowest BCUT2D eigenvalue weighted by Gasteiger charge is -2.14. The van der Waals surface area contributed by atoms with E-state index in [1.54, 1.807) is 0 Å². The van der Waals surface area contributed by atoms with Crippen LogP contribution in [0.1, 0.15) is 30.9 Å². The molecule has 0 heterocycles. The Morgan fingerprint density at radius 3 is 2.56 bits per heavy atom. The Morgan fingerprint density at radius 1 is 1.14 bits per heavy atom. The van der Waals surface area contributed by atoms with Crippen LogP contribution < -0.4 is 25.5 Å². The van der Waals surface area contributed by atoms with Gasteiger partial charge in [-0.05, 0) is 42.3 Å². The molecule has 9 nitrogen and oxygen atoms in total. The van der Waals surface area contributed by atoms with Gasteiger partial charge in [0.25, 0.3) is 5.91 Å². The number of ether oxygens (including phenoxy) is 2. The number of alkyl halides is 3. The molecule has 0 spiro atoms. The Morgan fingerprint density at radius 2 is 1.89 bits per heavy atom. The number of nitrogens with one attached hydrogen (secondary N) is 3. The number of unbranched alkanes of at least 4 members (excludes halogenated alkanes) is 1. The Balaban J connectivity index is 1.99. The van der Waals surface area contributed by atoms with E-state index in [2.05, 4.69) is 21.2 Å². The molecule has 0 aliphatic heterocycles. The minimum absolute atomic E-state index is 0.00912. The maximum Gasteiger partial charge on any atom is 0.416 e. The van der Waals surface area contributed by atoms with Crippen molar-refractivity contribution in [3.63, 3.8) is 0 Å². The summed E-state index contributed by atoms with van der Waals surface area (Å²) in [5.74, 6) is -2.34. The summed E-state index contributed by atoms with van der Waals surface area (Å²) in [7, 11) is 1.32. The van der Waals surface area contributed by atoms with Crippen LogP contribution in [0.2, 0.25) is 5.02 Å². The fraction of sp³-hybridized carbons (Fsp3) is 0.304. The minimum Gasteiger partial charge on any atom is -0.493 e. The monoisotopic (exact) mass is 528 g/mol. The molecular weight excluding hydrogens is 505 g/mol. The highest BCUT2D eigenvalue weighted by Gasteiger charge is 2.30. The maximum atomic E-state index is 12.8. The van der Waals surface area contributed by atoms with E-state index in [9.17, 15) is 27.6 Å². The molecule has 194 valence electrons. The molecular formula is C23H24ClF3N4O5. The molecule has 2 aromatic rings. The van der Waals surface area contributed by atoms with Crippen LogP contribution in [0.5, 0.6) is 11.5 Å². The average molecular weight is 529 g/mol. The number of hydrogen-bond acceptors (Lipinski definition) is 6. The maximum absolute atomic E-state index is 12.8. The second-order valence-corrected chi connectivity index (χ2v) is 7.67. The van der Waals surface area contributed by atoms with Crippen molar-refractivity contribution in [2.45, 2.75) is 25.9 Å². The molecule has 36 heavy (non-hydrogen) atoms. The van der Waals surface area contributed by atoms with E-state index < -0.39 is 36.1 Å². The van der Waals surface area contributed by atoms with Crippen molar-refractivity contribution in [2.75, 3.05) is 25.6 Å². The van der Waals surface area contributed by atoms with Gasteiger partial charge in [0, 0.05) is 12.2 Å². The Labute approximate surface area is 210 Å². The standard InChI is InChI=1S/C23H24ClF3N4O5/c1-3-4-8-28-21(33)22(34)31-29-12-14-9-17(24)20(18(10-14)35-2)36-13-19(32)30-16-7-5-6-15(11-16)23(25,26)27/h5-7,9-12H,3-4,8,13H2,1-2H3,(H,28,33)(H,30,32)(H,31,34)/b29-12-. The van der Waals surface area contributed by atoms with Gasteiger partial charge in [0.05, 0.1) is 23.9 Å². The molecule has 2 aromatic carbocycles. The van der Waals surface area contributed by atoms with Crippen LogP contribution in [0.15, 0.2) is 41.5 Å².